The predicted molar refractivity (Wildman–Crippen MR) is 98.8 cm³/mol. The molecule has 1 atom stereocenters. The van der Waals surface area contributed by atoms with E-state index in [4.69, 9.17) is 21.3 Å². The molecule has 1 N–H and O–H groups in total. The van der Waals surface area contributed by atoms with Gasteiger partial charge in [-0.05, 0) is 19.1 Å². The van der Waals surface area contributed by atoms with Crippen molar-refractivity contribution < 1.29 is 4.74 Å². The third-order valence-electron chi connectivity index (χ3n) is 4.32. The van der Waals surface area contributed by atoms with E-state index in [1.165, 1.54) is 0 Å². The van der Waals surface area contributed by atoms with Gasteiger partial charge in [-0.3, -0.25) is 0 Å². The molecule has 0 amide bonds. The van der Waals surface area contributed by atoms with E-state index in [2.05, 4.69) is 27.1 Å². The molecule has 1 aliphatic rings. The molecular weight excluding hydrogens is 340 g/mol. The molecule has 3 aromatic rings. The predicted octanol–water partition coefficient (Wildman–Crippen LogP) is 2.74. The van der Waals surface area contributed by atoms with Crippen molar-refractivity contribution in [2.24, 2.45) is 0 Å². The number of hydrogen-bond donors (Lipinski definition) is 1. The molecule has 1 aromatic carbocycles. The number of benzene rings is 1. The third-order valence-corrected chi connectivity index (χ3v) is 4.51. The number of para-hydroxylation sites is 2. The van der Waals surface area contributed by atoms with E-state index in [1.54, 1.807) is 6.07 Å². The van der Waals surface area contributed by atoms with Crippen LogP contribution in [0, 0.1) is 0 Å². The molecule has 1 fully saturated rings. The Kier molecular flexibility index (Phi) is 4.19. The number of halogens is 1. The highest BCUT2D eigenvalue weighted by molar-refractivity contribution is 6.29. The zero-order chi connectivity index (χ0) is 17.4. The standard InChI is InChI=1S/C17H19ClN6O/c1-11-10-25-8-7-23(11)15-9-14(18)21-17(22-15)24-13-6-4-3-5-12(13)20-16(24)19-2/h3-6,9,11H,7-8,10H2,1-2H3,(H,19,20)/t11-/m1/s1. The van der Waals surface area contributed by atoms with Gasteiger partial charge >= 0.3 is 0 Å². The number of morpholine rings is 1. The van der Waals surface area contributed by atoms with Crippen LogP contribution in [-0.4, -0.2) is 52.4 Å². The fourth-order valence-corrected chi connectivity index (χ4v) is 3.28. The molecule has 3 heterocycles. The SMILES string of the molecule is CNc1nc2ccccc2n1-c1nc(Cl)cc(N2CCOC[C@H]2C)n1. The van der Waals surface area contributed by atoms with Crippen LogP contribution in [0.4, 0.5) is 11.8 Å². The molecule has 8 heteroatoms. The van der Waals surface area contributed by atoms with E-state index in [-0.39, 0.29) is 6.04 Å². The van der Waals surface area contributed by atoms with Crippen LogP contribution in [0.25, 0.3) is 17.0 Å². The van der Waals surface area contributed by atoms with Gasteiger partial charge in [-0.2, -0.15) is 4.98 Å². The molecule has 0 saturated carbocycles. The molecule has 2 aromatic heterocycles. The number of fused-ring (bicyclic) bond motifs is 1. The van der Waals surface area contributed by atoms with Crippen molar-refractivity contribution in [3.63, 3.8) is 0 Å². The summed E-state index contributed by atoms with van der Waals surface area (Å²) in [5.41, 5.74) is 1.80. The largest absolute Gasteiger partial charge is 0.377 e. The lowest BCUT2D eigenvalue weighted by molar-refractivity contribution is 0.0985. The van der Waals surface area contributed by atoms with Crippen LogP contribution in [-0.2, 0) is 4.74 Å². The highest BCUT2D eigenvalue weighted by Crippen LogP contribution is 2.26. The van der Waals surface area contributed by atoms with Crippen LogP contribution in [0.1, 0.15) is 6.92 Å². The van der Waals surface area contributed by atoms with Crippen molar-refractivity contribution in [1.82, 2.24) is 19.5 Å². The minimum absolute atomic E-state index is 0.232. The quantitative estimate of drug-likeness (QED) is 0.726. The van der Waals surface area contributed by atoms with Gasteiger partial charge in [0.25, 0.3) is 0 Å². The Hall–Kier alpha value is -2.38. The minimum Gasteiger partial charge on any atom is -0.377 e. The summed E-state index contributed by atoms with van der Waals surface area (Å²) in [4.78, 5) is 16.0. The Morgan fingerprint density at radius 2 is 2.08 bits per heavy atom. The van der Waals surface area contributed by atoms with Gasteiger partial charge < -0.3 is 15.0 Å². The molecule has 25 heavy (non-hydrogen) atoms. The first-order valence-corrected chi connectivity index (χ1v) is 8.60. The number of nitrogens with zero attached hydrogens (tertiary/aromatic N) is 5. The van der Waals surface area contributed by atoms with Crippen LogP contribution in [0.2, 0.25) is 5.15 Å². The van der Waals surface area contributed by atoms with Gasteiger partial charge in [-0.25, -0.2) is 14.5 Å². The number of hydrogen-bond acceptors (Lipinski definition) is 6. The summed E-state index contributed by atoms with van der Waals surface area (Å²) in [6.07, 6.45) is 0. The van der Waals surface area contributed by atoms with Crippen molar-refractivity contribution in [3.05, 3.63) is 35.5 Å². The summed E-state index contributed by atoms with van der Waals surface area (Å²) in [7, 11) is 1.83. The van der Waals surface area contributed by atoms with Crippen LogP contribution < -0.4 is 10.2 Å². The number of anilines is 2. The average Bonchev–Trinajstić information content (AvgIpc) is 3.00. The minimum atomic E-state index is 0.232. The Morgan fingerprint density at radius 1 is 1.24 bits per heavy atom. The summed E-state index contributed by atoms with van der Waals surface area (Å²) in [6, 6.07) is 9.90. The van der Waals surface area contributed by atoms with Crippen molar-refractivity contribution >= 4 is 34.4 Å². The van der Waals surface area contributed by atoms with E-state index in [0.717, 1.165) is 23.4 Å². The van der Waals surface area contributed by atoms with E-state index in [1.807, 2.05) is 35.9 Å². The Labute approximate surface area is 150 Å². The lowest BCUT2D eigenvalue weighted by Gasteiger charge is -2.34. The van der Waals surface area contributed by atoms with Gasteiger partial charge in [0.15, 0.2) is 0 Å². The van der Waals surface area contributed by atoms with Crippen molar-refractivity contribution in [1.29, 1.82) is 0 Å². The fraction of sp³-hybridized carbons (Fsp3) is 0.353. The molecule has 0 unspecified atom stereocenters. The summed E-state index contributed by atoms with van der Waals surface area (Å²) in [5, 5.41) is 3.51. The number of aromatic nitrogens is 4. The Balaban J connectivity index is 1.86. The van der Waals surface area contributed by atoms with Crippen molar-refractivity contribution in [2.45, 2.75) is 13.0 Å². The van der Waals surface area contributed by atoms with E-state index in [0.29, 0.717) is 30.3 Å². The highest BCUT2D eigenvalue weighted by atomic mass is 35.5. The lowest BCUT2D eigenvalue weighted by atomic mass is 10.2. The van der Waals surface area contributed by atoms with Gasteiger partial charge in [-0.1, -0.05) is 23.7 Å². The van der Waals surface area contributed by atoms with Gasteiger partial charge in [-0.15, -0.1) is 0 Å². The van der Waals surface area contributed by atoms with Crippen LogP contribution >= 0.6 is 11.6 Å². The number of nitrogens with one attached hydrogen (secondary N) is 1. The third kappa shape index (κ3) is 2.89. The maximum absolute atomic E-state index is 6.32. The van der Waals surface area contributed by atoms with Gasteiger partial charge in [0, 0.05) is 19.7 Å². The Morgan fingerprint density at radius 3 is 2.88 bits per heavy atom. The molecular formula is C17H19ClN6O. The smallest absolute Gasteiger partial charge is 0.240 e. The van der Waals surface area contributed by atoms with Crippen molar-refractivity contribution in [3.8, 4) is 5.95 Å². The maximum atomic E-state index is 6.32. The first kappa shape index (κ1) is 16.1. The summed E-state index contributed by atoms with van der Waals surface area (Å²) in [5.74, 6) is 1.97. The first-order chi connectivity index (χ1) is 12.2. The van der Waals surface area contributed by atoms with E-state index in [9.17, 15) is 0 Å². The zero-order valence-electron chi connectivity index (χ0n) is 14.1. The summed E-state index contributed by atoms with van der Waals surface area (Å²) < 4.78 is 7.40. The summed E-state index contributed by atoms with van der Waals surface area (Å²) in [6.45, 7) is 4.24. The molecule has 1 aliphatic heterocycles. The zero-order valence-corrected chi connectivity index (χ0v) is 14.9. The molecule has 7 nitrogen and oxygen atoms in total. The fourth-order valence-electron chi connectivity index (χ4n) is 3.10. The number of imidazole rings is 1. The van der Waals surface area contributed by atoms with Crippen LogP contribution in [0.15, 0.2) is 30.3 Å². The number of rotatable bonds is 3. The molecule has 0 spiro atoms. The van der Waals surface area contributed by atoms with Crippen LogP contribution in [0.3, 0.4) is 0 Å². The molecule has 0 bridgehead atoms. The number of ether oxygens (including phenoxy) is 1. The van der Waals surface area contributed by atoms with Gasteiger partial charge in [0.05, 0.1) is 30.3 Å². The molecule has 130 valence electrons. The second-order valence-corrected chi connectivity index (χ2v) is 6.36. The Bertz CT molecular complexity index is 911. The van der Waals surface area contributed by atoms with E-state index < -0.39 is 0 Å². The van der Waals surface area contributed by atoms with Crippen LogP contribution in [0.5, 0.6) is 0 Å². The molecule has 0 aliphatic carbocycles. The molecule has 4 rings (SSSR count). The second kappa shape index (κ2) is 6.50. The lowest BCUT2D eigenvalue weighted by Crippen LogP contribution is -2.44. The molecule has 1 saturated heterocycles. The first-order valence-electron chi connectivity index (χ1n) is 8.22. The van der Waals surface area contributed by atoms with Gasteiger partial charge in [0.2, 0.25) is 11.9 Å². The normalized spacial score (nSPS) is 17.9. The monoisotopic (exact) mass is 358 g/mol. The highest BCUT2D eigenvalue weighted by Gasteiger charge is 2.22. The molecule has 0 radical (unpaired) electrons. The topological polar surface area (TPSA) is 68.1 Å². The van der Waals surface area contributed by atoms with Crippen molar-refractivity contribution in [2.75, 3.05) is 37.0 Å². The maximum Gasteiger partial charge on any atom is 0.240 e. The average molecular weight is 359 g/mol. The summed E-state index contributed by atoms with van der Waals surface area (Å²) >= 11 is 6.32. The van der Waals surface area contributed by atoms with E-state index >= 15 is 0 Å². The second-order valence-electron chi connectivity index (χ2n) is 5.98. The van der Waals surface area contributed by atoms with Gasteiger partial charge in [0.1, 0.15) is 11.0 Å².